The molecule has 0 bridgehead atoms. The minimum Gasteiger partial charge on any atom is -0.338 e. The number of carbonyl (C=O) groups is 1. The van der Waals surface area contributed by atoms with Gasteiger partial charge in [0.1, 0.15) is 0 Å². The fourth-order valence-electron chi connectivity index (χ4n) is 2.01. The molecule has 0 aliphatic carbocycles. The maximum Gasteiger partial charge on any atom is 0.317 e. The van der Waals surface area contributed by atoms with Crippen molar-refractivity contribution in [3.63, 3.8) is 0 Å². The van der Waals surface area contributed by atoms with Gasteiger partial charge in [0, 0.05) is 26.7 Å². The van der Waals surface area contributed by atoms with Gasteiger partial charge in [-0.3, -0.25) is 0 Å². The first-order chi connectivity index (χ1) is 7.13. The van der Waals surface area contributed by atoms with Gasteiger partial charge in [-0.1, -0.05) is 6.92 Å². The van der Waals surface area contributed by atoms with Crippen molar-refractivity contribution in [1.82, 2.24) is 15.1 Å². The van der Waals surface area contributed by atoms with Crippen molar-refractivity contribution in [1.29, 1.82) is 0 Å². The summed E-state index contributed by atoms with van der Waals surface area (Å²) in [6.07, 6.45) is 2.20. The van der Waals surface area contributed by atoms with E-state index in [0.29, 0.717) is 5.92 Å². The topological polar surface area (TPSA) is 35.6 Å². The van der Waals surface area contributed by atoms with Gasteiger partial charge >= 0.3 is 6.03 Å². The highest BCUT2D eigenvalue weighted by Crippen LogP contribution is 2.14. The van der Waals surface area contributed by atoms with Crippen molar-refractivity contribution >= 4 is 6.03 Å². The Balaban J connectivity index is 2.22. The minimum absolute atomic E-state index is 0.0615. The zero-order valence-corrected chi connectivity index (χ0v) is 10.1. The molecule has 1 heterocycles. The van der Waals surface area contributed by atoms with Crippen LogP contribution in [-0.2, 0) is 0 Å². The molecule has 1 aliphatic rings. The van der Waals surface area contributed by atoms with Crippen LogP contribution in [-0.4, -0.2) is 56.1 Å². The largest absolute Gasteiger partial charge is 0.338 e. The molecule has 0 aromatic carbocycles. The zero-order chi connectivity index (χ0) is 11.3. The van der Waals surface area contributed by atoms with Gasteiger partial charge in [0.2, 0.25) is 0 Å². The van der Waals surface area contributed by atoms with E-state index in [2.05, 4.69) is 24.2 Å². The number of likely N-dealkylation sites (tertiary alicyclic amines) is 1. The van der Waals surface area contributed by atoms with Crippen LogP contribution in [0, 0.1) is 5.92 Å². The zero-order valence-electron chi connectivity index (χ0n) is 10.1. The Morgan fingerprint density at radius 3 is 2.87 bits per heavy atom. The monoisotopic (exact) mass is 213 g/mol. The lowest BCUT2D eigenvalue weighted by molar-refractivity contribution is 0.200. The maximum absolute atomic E-state index is 11.6. The summed E-state index contributed by atoms with van der Waals surface area (Å²) in [6.45, 7) is 5.99. The third-order valence-corrected chi connectivity index (χ3v) is 2.89. The molecule has 0 aromatic heterocycles. The second-order valence-corrected chi connectivity index (χ2v) is 4.53. The summed E-state index contributed by atoms with van der Waals surface area (Å²) in [6, 6.07) is 0.0615. The molecule has 0 radical (unpaired) electrons. The molecular weight excluding hydrogens is 190 g/mol. The van der Waals surface area contributed by atoms with Crippen molar-refractivity contribution in [3.05, 3.63) is 0 Å². The standard InChI is InChI=1S/C11H23N3O/c1-4-6-12-11(15)14(3)9-10-5-7-13(2)8-10/h10H,4-9H2,1-3H3,(H,12,15). The van der Waals surface area contributed by atoms with E-state index in [-0.39, 0.29) is 6.03 Å². The van der Waals surface area contributed by atoms with Crippen molar-refractivity contribution in [3.8, 4) is 0 Å². The minimum atomic E-state index is 0.0615. The third kappa shape index (κ3) is 4.08. The summed E-state index contributed by atoms with van der Waals surface area (Å²) in [5.41, 5.74) is 0. The highest BCUT2D eigenvalue weighted by Gasteiger charge is 2.22. The molecule has 88 valence electrons. The Labute approximate surface area is 92.6 Å². The van der Waals surface area contributed by atoms with Crippen molar-refractivity contribution in [2.75, 3.05) is 40.3 Å². The Hall–Kier alpha value is -0.770. The highest BCUT2D eigenvalue weighted by atomic mass is 16.2. The Kier molecular flexibility index (Phi) is 4.88. The van der Waals surface area contributed by atoms with Crippen LogP contribution in [0.4, 0.5) is 4.79 Å². The lowest BCUT2D eigenvalue weighted by atomic mass is 10.1. The molecule has 2 amide bonds. The summed E-state index contributed by atoms with van der Waals surface area (Å²) in [4.78, 5) is 15.7. The van der Waals surface area contributed by atoms with Crippen LogP contribution in [0.1, 0.15) is 19.8 Å². The first-order valence-electron chi connectivity index (χ1n) is 5.81. The first kappa shape index (κ1) is 12.3. The highest BCUT2D eigenvalue weighted by molar-refractivity contribution is 5.73. The predicted octanol–water partition coefficient (Wildman–Crippen LogP) is 0.989. The molecule has 1 N–H and O–H groups in total. The number of carbonyl (C=O) groups excluding carboxylic acids is 1. The molecule has 0 aromatic rings. The summed E-state index contributed by atoms with van der Waals surface area (Å²) in [7, 11) is 4.01. The van der Waals surface area contributed by atoms with E-state index < -0.39 is 0 Å². The average Bonchev–Trinajstić information content (AvgIpc) is 2.60. The molecule has 1 atom stereocenters. The number of urea groups is 1. The van der Waals surface area contributed by atoms with E-state index in [1.807, 2.05) is 7.05 Å². The van der Waals surface area contributed by atoms with Crippen LogP contribution in [0.5, 0.6) is 0 Å². The maximum atomic E-state index is 11.6. The van der Waals surface area contributed by atoms with E-state index in [4.69, 9.17) is 0 Å². The van der Waals surface area contributed by atoms with Crippen LogP contribution in [0.3, 0.4) is 0 Å². The van der Waals surface area contributed by atoms with Gasteiger partial charge in [-0.15, -0.1) is 0 Å². The number of nitrogens with one attached hydrogen (secondary N) is 1. The number of amides is 2. The van der Waals surface area contributed by atoms with Gasteiger partial charge in [0.25, 0.3) is 0 Å². The average molecular weight is 213 g/mol. The molecule has 1 saturated heterocycles. The van der Waals surface area contributed by atoms with Gasteiger partial charge in [-0.05, 0) is 32.4 Å². The fraction of sp³-hybridized carbons (Fsp3) is 0.909. The third-order valence-electron chi connectivity index (χ3n) is 2.89. The van der Waals surface area contributed by atoms with E-state index in [0.717, 1.165) is 32.6 Å². The van der Waals surface area contributed by atoms with Crippen molar-refractivity contribution in [2.24, 2.45) is 5.92 Å². The summed E-state index contributed by atoms with van der Waals surface area (Å²) in [5, 5.41) is 2.89. The van der Waals surface area contributed by atoms with Crippen LogP contribution < -0.4 is 5.32 Å². The van der Waals surface area contributed by atoms with Crippen LogP contribution >= 0.6 is 0 Å². The summed E-state index contributed by atoms with van der Waals surface area (Å²) in [5.74, 6) is 0.646. The normalized spacial score (nSPS) is 21.7. The lowest BCUT2D eigenvalue weighted by Crippen LogP contribution is -2.40. The van der Waals surface area contributed by atoms with Gasteiger partial charge in [0.05, 0.1) is 0 Å². The van der Waals surface area contributed by atoms with Crippen LogP contribution in [0.25, 0.3) is 0 Å². The quantitative estimate of drug-likeness (QED) is 0.756. The van der Waals surface area contributed by atoms with Crippen molar-refractivity contribution in [2.45, 2.75) is 19.8 Å². The molecule has 0 saturated carbocycles. The Bertz CT molecular complexity index is 208. The molecule has 4 nitrogen and oxygen atoms in total. The number of hydrogen-bond donors (Lipinski definition) is 1. The lowest BCUT2D eigenvalue weighted by Gasteiger charge is -2.21. The summed E-state index contributed by atoms with van der Waals surface area (Å²) < 4.78 is 0. The fourth-order valence-corrected chi connectivity index (χ4v) is 2.01. The molecule has 15 heavy (non-hydrogen) atoms. The van der Waals surface area contributed by atoms with Gasteiger partial charge in [0.15, 0.2) is 0 Å². The van der Waals surface area contributed by atoms with E-state index in [9.17, 15) is 4.79 Å². The van der Waals surface area contributed by atoms with Gasteiger partial charge < -0.3 is 15.1 Å². The van der Waals surface area contributed by atoms with Crippen LogP contribution in [0.15, 0.2) is 0 Å². The Morgan fingerprint density at radius 1 is 1.60 bits per heavy atom. The van der Waals surface area contributed by atoms with Crippen LogP contribution in [0.2, 0.25) is 0 Å². The SMILES string of the molecule is CCCNC(=O)N(C)CC1CCN(C)C1. The van der Waals surface area contributed by atoms with E-state index >= 15 is 0 Å². The molecule has 4 heteroatoms. The number of rotatable bonds is 4. The predicted molar refractivity (Wildman–Crippen MR) is 61.9 cm³/mol. The molecule has 1 aliphatic heterocycles. The molecule has 0 spiro atoms. The van der Waals surface area contributed by atoms with Gasteiger partial charge in [-0.25, -0.2) is 4.79 Å². The second-order valence-electron chi connectivity index (χ2n) is 4.53. The summed E-state index contributed by atoms with van der Waals surface area (Å²) >= 11 is 0. The first-order valence-corrected chi connectivity index (χ1v) is 5.81. The Morgan fingerprint density at radius 2 is 2.33 bits per heavy atom. The smallest absolute Gasteiger partial charge is 0.317 e. The van der Waals surface area contributed by atoms with Gasteiger partial charge in [-0.2, -0.15) is 0 Å². The van der Waals surface area contributed by atoms with Crippen molar-refractivity contribution < 1.29 is 4.79 Å². The number of nitrogens with zero attached hydrogens (tertiary/aromatic N) is 2. The molecule has 1 fully saturated rings. The van der Waals surface area contributed by atoms with E-state index in [1.165, 1.54) is 6.42 Å². The molecule has 1 unspecified atom stereocenters. The molecular formula is C11H23N3O. The second kappa shape index (κ2) is 5.95. The molecule has 1 rings (SSSR count). The van der Waals surface area contributed by atoms with E-state index in [1.54, 1.807) is 4.90 Å². The number of hydrogen-bond acceptors (Lipinski definition) is 2.